The monoisotopic (exact) mass is 615 g/mol. The highest BCUT2D eigenvalue weighted by atomic mass is 16.3. The standard InChI is InChI=1S/C43H25N3O2/c1-3-11-26(12-4-1)31-23-35(40-32-17-9-10-18-36(32)48-39(40)25-31)43-45-41(27-13-5-2-6-14-27)44-42(46-43)30-19-20-37-33(22-30)34-21-28-15-7-8-16-29(28)24-38(34)47-37/h1-25H. The van der Waals surface area contributed by atoms with Crippen molar-refractivity contribution in [3.8, 4) is 45.3 Å². The fourth-order valence-corrected chi connectivity index (χ4v) is 6.77. The minimum absolute atomic E-state index is 0.580. The summed E-state index contributed by atoms with van der Waals surface area (Å²) in [6, 6.07) is 51.6. The van der Waals surface area contributed by atoms with Crippen LogP contribution in [0.2, 0.25) is 0 Å². The van der Waals surface area contributed by atoms with Crippen LogP contribution >= 0.6 is 0 Å². The average molecular weight is 616 g/mol. The summed E-state index contributed by atoms with van der Waals surface area (Å²) in [5, 5.41) is 6.39. The first kappa shape index (κ1) is 26.6. The molecule has 224 valence electrons. The zero-order valence-corrected chi connectivity index (χ0v) is 25.6. The Hall–Kier alpha value is -6.59. The van der Waals surface area contributed by atoms with Crippen LogP contribution in [-0.4, -0.2) is 15.0 Å². The number of aromatic nitrogens is 3. The van der Waals surface area contributed by atoms with E-state index >= 15 is 0 Å². The summed E-state index contributed by atoms with van der Waals surface area (Å²) in [5.74, 6) is 1.77. The van der Waals surface area contributed by atoms with Gasteiger partial charge in [0.2, 0.25) is 0 Å². The minimum atomic E-state index is 0.580. The van der Waals surface area contributed by atoms with Crippen LogP contribution in [0.15, 0.2) is 160 Å². The second-order valence-electron chi connectivity index (χ2n) is 12.0. The fraction of sp³-hybridized carbons (Fsp3) is 0. The highest BCUT2D eigenvalue weighted by molar-refractivity contribution is 6.13. The largest absolute Gasteiger partial charge is 0.456 e. The maximum absolute atomic E-state index is 6.44. The minimum Gasteiger partial charge on any atom is -0.456 e. The van der Waals surface area contributed by atoms with Gasteiger partial charge in [0.15, 0.2) is 17.5 Å². The first-order valence-electron chi connectivity index (χ1n) is 15.9. The molecule has 0 aliphatic heterocycles. The van der Waals surface area contributed by atoms with Gasteiger partial charge in [0.05, 0.1) is 0 Å². The number of para-hydroxylation sites is 1. The quantitative estimate of drug-likeness (QED) is 0.197. The van der Waals surface area contributed by atoms with Gasteiger partial charge < -0.3 is 8.83 Å². The Balaban J connectivity index is 1.24. The van der Waals surface area contributed by atoms with Crippen molar-refractivity contribution in [2.45, 2.75) is 0 Å². The van der Waals surface area contributed by atoms with E-state index in [-0.39, 0.29) is 0 Å². The van der Waals surface area contributed by atoms with E-state index in [0.29, 0.717) is 17.5 Å². The normalized spacial score (nSPS) is 11.8. The Bertz CT molecular complexity index is 2840. The fourth-order valence-electron chi connectivity index (χ4n) is 6.77. The highest BCUT2D eigenvalue weighted by Gasteiger charge is 2.20. The number of nitrogens with zero attached hydrogens (tertiary/aromatic N) is 3. The second kappa shape index (κ2) is 10.5. The summed E-state index contributed by atoms with van der Waals surface area (Å²) in [4.78, 5) is 15.4. The lowest BCUT2D eigenvalue weighted by molar-refractivity contribution is 0.669. The number of furan rings is 2. The third kappa shape index (κ3) is 4.29. The molecule has 48 heavy (non-hydrogen) atoms. The van der Waals surface area contributed by atoms with Gasteiger partial charge in [0, 0.05) is 38.2 Å². The number of rotatable bonds is 4. The van der Waals surface area contributed by atoms with Gasteiger partial charge in [-0.2, -0.15) is 0 Å². The van der Waals surface area contributed by atoms with Crippen molar-refractivity contribution in [1.82, 2.24) is 15.0 Å². The summed E-state index contributed by atoms with van der Waals surface area (Å²) >= 11 is 0. The molecule has 0 unspecified atom stereocenters. The lowest BCUT2D eigenvalue weighted by Crippen LogP contribution is -2.00. The number of fused-ring (bicyclic) bond motifs is 7. The van der Waals surface area contributed by atoms with Gasteiger partial charge >= 0.3 is 0 Å². The zero-order chi connectivity index (χ0) is 31.6. The number of hydrogen-bond donors (Lipinski definition) is 0. The number of hydrogen-bond acceptors (Lipinski definition) is 5. The van der Waals surface area contributed by atoms with Crippen molar-refractivity contribution in [2.75, 3.05) is 0 Å². The molecule has 3 heterocycles. The van der Waals surface area contributed by atoms with Crippen molar-refractivity contribution in [3.05, 3.63) is 152 Å². The van der Waals surface area contributed by atoms with Crippen molar-refractivity contribution < 1.29 is 8.83 Å². The molecular formula is C43H25N3O2. The van der Waals surface area contributed by atoms with Crippen molar-refractivity contribution in [3.63, 3.8) is 0 Å². The van der Waals surface area contributed by atoms with Gasteiger partial charge in [-0.1, -0.05) is 103 Å². The van der Waals surface area contributed by atoms with Crippen LogP contribution in [0.1, 0.15) is 0 Å². The SMILES string of the molecule is c1ccc(-c2cc(-c3nc(-c4ccccc4)nc(-c4ccc5oc6cc7ccccc7cc6c5c4)n3)c3c(c2)oc2ccccc23)cc1. The summed E-state index contributed by atoms with van der Waals surface area (Å²) in [6.45, 7) is 0. The third-order valence-electron chi connectivity index (χ3n) is 9.09. The van der Waals surface area contributed by atoms with Gasteiger partial charge in [-0.05, 0) is 70.4 Å². The van der Waals surface area contributed by atoms with E-state index in [1.54, 1.807) is 0 Å². The van der Waals surface area contributed by atoms with Gasteiger partial charge in [-0.25, -0.2) is 15.0 Å². The van der Waals surface area contributed by atoms with E-state index in [4.69, 9.17) is 23.8 Å². The van der Waals surface area contributed by atoms with Crippen LogP contribution in [0.25, 0.3) is 99.9 Å². The van der Waals surface area contributed by atoms with E-state index in [9.17, 15) is 0 Å². The molecule has 5 heteroatoms. The zero-order valence-electron chi connectivity index (χ0n) is 25.6. The topological polar surface area (TPSA) is 65.0 Å². The van der Waals surface area contributed by atoms with E-state index < -0.39 is 0 Å². The molecule has 5 nitrogen and oxygen atoms in total. The molecule has 0 aliphatic carbocycles. The van der Waals surface area contributed by atoms with E-state index in [0.717, 1.165) is 77.1 Å². The van der Waals surface area contributed by atoms with Crippen molar-refractivity contribution in [1.29, 1.82) is 0 Å². The van der Waals surface area contributed by atoms with E-state index in [1.807, 2.05) is 84.9 Å². The van der Waals surface area contributed by atoms with Crippen LogP contribution in [0.4, 0.5) is 0 Å². The predicted octanol–water partition coefficient (Wildman–Crippen LogP) is 11.5. The summed E-state index contributed by atoms with van der Waals surface area (Å²) in [7, 11) is 0. The molecular weight excluding hydrogens is 590 g/mol. The first-order valence-corrected chi connectivity index (χ1v) is 15.9. The van der Waals surface area contributed by atoms with Crippen LogP contribution in [0.5, 0.6) is 0 Å². The summed E-state index contributed by atoms with van der Waals surface area (Å²) in [6.07, 6.45) is 0. The van der Waals surface area contributed by atoms with Crippen LogP contribution in [-0.2, 0) is 0 Å². The lowest BCUT2D eigenvalue weighted by atomic mass is 9.98. The Morgan fingerprint density at radius 3 is 1.75 bits per heavy atom. The smallest absolute Gasteiger partial charge is 0.164 e. The Morgan fingerprint density at radius 1 is 0.333 bits per heavy atom. The molecule has 0 saturated carbocycles. The molecule has 0 bridgehead atoms. The molecule has 0 amide bonds. The van der Waals surface area contributed by atoms with E-state index in [2.05, 4.69) is 66.7 Å². The van der Waals surface area contributed by atoms with Crippen LogP contribution in [0, 0.1) is 0 Å². The maximum atomic E-state index is 6.44. The predicted molar refractivity (Wildman–Crippen MR) is 194 cm³/mol. The lowest BCUT2D eigenvalue weighted by Gasteiger charge is -2.11. The van der Waals surface area contributed by atoms with Crippen molar-refractivity contribution in [2.24, 2.45) is 0 Å². The molecule has 0 fully saturated rings. The summed E-state index contributed by atoms with van der Waals surface area (Å²) < 4.78 is 12.7. The van der Waals surface area contributed by atoms with E-state index in [1.165, 1.54) is 5.39 Å². The molecule has 0 spiro atoms. The molecule has 10 rings (SSSR count). The van der Waals surface area contributed by atoms with Crippen LogP contribution in [0.3, 0.4) is 0 Å². The van der Waals surface area contributed by atoms with Gasteiger partial charge in [-0.3, -0.25) is 0 Å². The summed E-state index contributed by atoms with van der Waals surface area (Å²) in [5.41, 5.74) is 8.08. The molecule has 10 aromatic rings. The Kier molecular flexibility index (Phi) is 5.81. The molecule has 0 atom stereocenters. The first-order chi connectivity index (χ1) is 23.7. The molecule has 7 aromatic carbocycles. The van der Waals surface area contributed by atoms with Gasteiger partial charge in [0.1, 0.15) is 22.3 Å². The van der Waals surface area contributed by atoms with Crippen LogP contribution < -0.4 is 0 Å². The van der Waals surface area contributed by atoms with Crippen molar-refractivity contribution >= 4 is 54.6 Å². The molecule has 0 saturated heterocycles. The molecule has 0 radical (unpaired) electrons. The third-order valence-corrected chi connectivity index (χ3v) is 9.09. The Morgan fingerprint density at radius 2 is 0.938 bits per heavy atom. The number of benzene rings is 7. The molecule has 0 N–H and O–H groups in total. The maximum Gasteiger partial charge on any atom is 0.164 e. The van der Waals surface area contributed by atoms with Gasteiger partial charge in [0.25, 0.3) is 0 Å². The van der Waals surface area contributed by atoms with Gasteiger partial charge in [-0.15, -0.1) is 0 Å². The molecule has 0 aliphatic rings. The molecule has 3 aromatic heterocycles. The highest BCUT2D eigenvalue weighted by Crippen LogP contribution is 2.40. The average Bonchev–Trinajstić information content (AvgIpc) is 3.71. The Labute approximate surface area is 274 Å². The second-order valence-corrected chi connectivity index (χ2v) is 12.0.